The minimum Gasteiger partial charge on any atom is -0.497 e. The number of hydrogen-bond donors (Lipinski definition) is 2. The zero-order valence-corrected chi connectivity index (χ0v) is 16.5. The molecule has 0 aliphatic carbocycles. The Morgan fingerprint density at radius 1 is 1.04 bits per heavy atom. The van der Waals surface area contributed by atoms with E-state index in [4.69, 9.17) is 9.47 Å². The number of methoxy groups -OCH3 is 2. The molecule has 2 rings (SSSR count). The number of carbonyl (C=O) groups excluding carboxylic acids is 2. The first-order chi connectivity index (χ1) is 12.4. The number of rotatable bonds is 7. The van der Waals surface area contributed by atoms with Crippen molar-refractivity contribution < 1.29 is 19.1 Å². The number of benzene rings is 2. The summed E-state index contributed by atoms with van der Waals surface area (Å²) < 4.78 is 11.3. The topological polar surface area (TPSA) is 76.7 Å². The van der Waals surface area contributed by atoms with Crippen molar-refractivity contribution in [2.75, 3.05) is 26.1 Å². The molecule has 0 spiro atoms. The summed E-state index contributed by atoms with van der Waals surface area (Å²) in [5, 5.41) is 5.39. The number of carbonyl (C=O) groups is 2. The molecule has 2 aromatic carbocycles. The first-order valence-corrected chi connectivity index (χ1v) is 8.76. The molecule has 0 heterocycles. The van der Waals surface area contributed by atoms with Crippen molar-refractivity contribution in [2.45, 2.75) is 13.3 Å². The molecule has 0 aliphatic heterocycles. The lowest BCUT2D eigenvalue weighted by Crippen LogP contribution is -2.34. The van der Waals surface area contributed by atoms with Gasteiger partial charge in [0.15, 0.2) is 0 Å². The Balaban J connectivity index is 1.89. The summed E-state index contributed by atoms with van der Waals surface area (Å²) in [7, 11) is 3.09. The highest BCUT2D eigenvalue weighted by molar-refractivity contribution is 9.10. The highest BCUT2D eigenvalue weighted by Crippen LogP contribution is 2.25. The van der Waals surface area contributed by atoms with Gasteiger partial charge in [-0.05, 0) is 36.8 Å². The summed E-state index contributed by atoms with van der Waals surface area (Å²) in [5.74, 6) is 0.659. The standard InChI is InChI=1S/C19H21BrN2O4/c1-12-8-14(20)5-7-16(12)22-19(24)11-21-18(23)9-13-4-6-15(25-2)10-17(13)26-3/h4-8,10H,9,11H2,1-3H3,(H,21,23)(H,22,24). The van der Waals surface area contributed by atoms with Crippen LogP contribution in [0.1, 0.15) is 11.1 Å². The number of aryl methyl sites for hydroxylation is 1. The van der Waals surface area contributed by atoms with E-state index in [2.05, 4.69) is 26.6 Å². The number of hydrogen-bond acceptors (Lipinski definition) is 4. The van der Waals surface area contributed by atoms with Crippen LogP contribution in [-0.4, -0.2) is 32.6 Å². The molecule has 0 saturated heterocycles. The van der Waals surface area contributed by atoms with E-state index in [0.717, 1.165) is 15.6 Å². The molecular weight excluding hydrogens is 400 g/mol. The van der Waals surface area contributed by atoms with E-state index in [0.29, 0.717) is 17.2 Å². The molecule has 2 amide bonds. The van der Waals surface area contributed by atoms with Gasteiger partial charge in [-0.25, -0.2) is 0 Å². The fourth-order valence-electron chi connectivity index (χ4n) is 2.37. The summed E-state index contributed by atoms with van der Waals surface area (Å²) >= 11 is 3.38. The molecule has 0 aliphatic rings. The predicted molar refractivity (Wildman–Crippen MR) is 104 cm³/mol. The van der Waals surface area contributed by atoms with Crippen molar-refractivity contribution in [3.05, 3.63) is 52.0 Å². The minimum atomic E-state index is -0.287. The molecule has 0 unspecified atom stereocenters. The van der Waals surface area contributed by atoms with Gasteiger partial charge >= 0.3 is 0 Å². The maximum Gasteiger partial charge on any atom is 0.243 e. The molecule has 26 heavy (non-hydrogen) atoms. The third-order valence-corrected chi connectivity index (χ3v) is 4.25. The molecule has 0 bridgehead atoms. The Morgan fingerprint density at radius 2 is 1.81 bits per heavy atom. The Morgan fingerprint density at radius 3 is 2.46 bits per heavy atom. The van der Waals surface area contributed by atoms with Crippen LogP contribution in [0.25, 0.3) is 0 Å². The largest absolute Gasteiger partial charge is 0.497 e. The summed E-state index contributed by atoms with van der Waals surface area (Å²) in [6, 6.07) is 10.8. The zero-order valence-electron chi connectivity index (χ0n) is 14.9. The van der Waals surface area contributed by atoms with Crippen LogP contribution in [0.15, 0.2) is 40.9 Å². The lowest BCUT2D eigenvalue weighted by Gasteiger charge is -2.11. The number of anilines is 1. The van der Waals surface area contributed by atoms with Crippen molar-refractivity contribution in [2.24, 2.45) is 0 Å². The van der Waals surface area contributed by atoms with Crippen molar-refractivity contribution in [1.82, 2.24) is 5.32 Å². The Labute approximate surface area is 161 Å². The van der Waals surface area contributed by atoms with Crippen LogP contribution in [0, 0.1) is 6.92 Å². The highest BCUT2D eigenvalue weighted by atomic mass is 79.9. The quantitative estimate of drug-likeness (QED) is 0.721. The lowest BCUT2D eigenvalue weighted by molar-refractivity contribution is -0.123. The van der Waals surface area contributed by atoms with E-state index in [1.165, 1.54) is 7.11 Å². The molecule has 2 N–H and O–H groups in total. The summed E-state index contributed by atoms with van der Waals surface area (Å²) in [6.45, 7) is 1.79. The molecule has 0 atom stereocenters. The van der Waals surface area contributed by atoms with Gasteiger partial charge in [-0.3, -0.25) is 9.59 Å². The first kappa shape index (κ1) is 19.8. The number of ether oxygens (including phenoxy) is 2. The number of halogens is 1. The van der Waals surface area contributed by atoms with Crippen LogP contribution in [0.4, 0.5) is 5.69 Å². The van der Waals surface area contributed by atoms with Crippen molar-refractivity contribution >= 4 is 33.4 Å². The van der Waals surface area contributed by atoms with Crippen molar-refractivity contribution in [3.63, 3.8) is 0 Å². The number of nitrogens with one attached hydrogen (secondary N) is 2. The molecule has 0 fully saturated rings. The zero-order chi connectivity index (χ0) is 19.1. The molecule has 2 aromatic rings. The smallest absolute Gasteiger partial charge is 0.243 e. The molecule has 6 nitrogen and oxygen atoms in total. The molecule has 7 heteroatoms. The van der Waals surface area contributed by atoms with Gasteiger partial charge in [0.25, 0.3) is 0 Å². The van der Waals surface area contributed by atoms with Gasteiger partial charge in [-0.15, -0.1) is 0 Å². The molecule has 0 aromatic heterocycles. The predicted octanol–water partition coefficient (Wildman–Crippen LogP) is 3.07. The van der Waals surface area contributed by atoms with Gasteiger partial charge in [0, 0.05) is 21.8 Å². The van der Waals surface area contributed by atoms with E-state index in [1.807, 2.05) is 19.1 Å². The van der Waals surface area contributed by atoms with Crippen molar-refractivity contribution in [1.29, 1.82) is 0 Å². The van der Waals surface area contributed by atoms with E-state index in [-0.39, 0.29) is 24.8 Å². The van der Waals surface area contributed by atoms with Crippen LogP contribution in [-0.2, 0) is 16.0 Å². The van der Waals surface area contributed by atoms with Crippen LogP contribution in [0.2, 0.25) is 0 Å². The van der Waals surface area contributed by atoms with E-state index in [1.54, 1.807) is 31.4 Å². The van der Waals surface area contributed by atoms with Crippen LogP contribution in [0.3, 0.4) is 0 Å². The fraction of sp³-hybridized carbons (Fsp3) is 0.263. The van der Waals surface area contributed by atoms with Gasteiger partial charge in [0.1, 0.15) is 11.5 Å². The van der Waals surface area contributed by atoms with Crippen LogP contribution in [0.5, 0.6) is 11.5 Å². The minimum absolute atomic E-state index is 0.104. The third-order valence-electron chi connectivity index (χ3n) is 3.75. The van der Waals surface area contributed by atoms with Gasteiger partial charge in [0.05, 0.1) is 27.2 Å². The summed E-state index contributed by atoms with van der Waals surface area (Å²) in [5.41, 5.74) is 2.36. The van der Waals surface area contributed by atoms with E-state index in [9.17, 15) is 9.59 Å². The van der Waals surface area contributed by atoms with Crippen molar-refractivity contribution in [3.8, 4) is 11.5 Å². The highest BCUT2D eigenvalue weighted by Gasteiger charge is 2.12. The SMILES string of the molecule is COc1ccc(CC(=O)NCC(=O)Nc2ccc(Br)cc2C)c(OC)c1. The van der Waals surface area contributed by atoms with E-state index < -0.39 is 0 Å². The molecular formula is C19H21BrN2O4. The second-order valence-corrected chi connectivity index (χ2v) is 6.55. The maximum absolute atomic E-state index is 12.1. The van der Waals surface area contributed by atoms with Gasteiger partial charge in [0.2, 0.25) is 11.8 Å². The Kier molecular flexibility index (Phi) is 7.03. The summed E-state index contributed by atoms with van der Waals surface area (Å²) in [4.78, 5) is 24.2. The fourth-order valence-corrected chi connectivity index (χ4v) is 2.85. The molecule has 0 saturated carbocycles. The summed E-state index contributed by atoms with van der Waals surface area (Å²) in [6.07, 6.45) is 0.109. The van der Waals surface area contributed by atoms with Gasteiger partial charge in [-0.2, -0.15) is 0 Å². The average molecular weight is 421 g/mol. The van der Waals surface area contributed by atoms with Gasteiger partial charge < -0.3 is 20.1 Å². The number of amides is 2. The van der Waals surface area contributed by atoms with Crippen LogP contribution < -0.4 is 20.1 Å². The van der Waals surface area contributed by atoms with E-state index >= 15 is 0 Å². The monoisotopic (exact) mass is 420 g/mol. The Hall–Kier alpha value is -2.54. The average Bonchev–Trinajstić information content (AvgIpc) is 2.62. The molecule has 0 radical (unpaired) electrons. The maximum atomic E-state index is 12.1. The van der Waals surface area contributed by atoms with Gasteiger partial charge in [-0.1, -0.05) is 22.0 Å². The first-order valence-electron chi connectivity index (χ1n) is 7.96. The van der Waals surface area contributed by atoms with Crippen LogP contribution >= 0.6 is 15.9 Å². The second-order valence-electron chi connectivity index (χ2n) is 5.64. The lowest BCUT2D eigenvalue weighted by atomic mass is 10.1. The normalized spacial score (nSPS) is 10.2. The molecule has 138 valence electrons. The second kappa shape index (κ2) is 9.24. The Bertz CT molecular complexity index is 808. The third kappa shape index (κ3) is 5.49.